The molecule has 0 aromatic heterocycles. The summed E-state index contributed by atoms with van der Waals surface area (Å²) in [6.45, 7) is 1.80. The highest BCUT2D eigenvalue weighted by Crippen LogP contribution is 2.16. The molecule has 0 saturated carbocycles. The minimum absolute atomic E-state index is 0.123. The quantitative estimate of drug-likeness (QED) is 0.665. The summed E-state index contributed by atoms with van der Waals surface area (Å²) in [6, 6.07) is 13.2. The highest BCUT2D eigenvalue weighted by atomic mass is 35.5. The van der Waals surface area contributed by atoms with E-state index in [-0.39, 0.29) is 37.6 Å². The first-order chi connectivity index (χ1) is 12.9. The molecule has 27 heavy (non-hydrogen) atoms. The van der Waals surface area contributed by atoms with E-state index in [1.165, 1.54) is 0 Å². The number of halogens is 2. The first kappa shape index (κ1) is 20.9. The lowest BCUT2D eigenvalue weighted by atomic mass is 10.3. The van der Waals surface area contributed by atoms with Gasteiger partial charge in [0.1, 0.15) is 11.5 Å². The zero-order valence-corrected chi connectivity index (χ0v) is 16.2. The van der Waals surface area contributed by atoms with Crippen molar-refractivity contribution in [3.8, 4) is 11.5 Å². The van der Waals surface area contributed by atoms with Crippen molar-refractivity contribution in [3.63, 3.8) is 0 Å². The maximum Gasteiger partial charge on any atom is 0.258 e. The zero-order chi connectivity index (χ0) is 19.6. The monoisotopic (exact) mass is 410 g/mol. The Morgan fingerprint density at radius 2 is 1.30 bits per heavy atom. The lowest BCUT2D eigenvalue weighted by Crippen LogP contribution is -2.44. The van der Waals surface area contributed by atoms with Crippen molar-refractivity contribution in [1.82, 2.24) is 10.6 Å². The fraction of sp³-hybridized carbons (Fsp3) is 0.263. The molecule has 0 fully saturated rings. The molecule has 2 aromatic carbocycles. The third-order valence-electron chi connectivity index (χ3n) is 3.38. The van der Waals surface area contributed by atoms with Crippen LogP contribution in [0, 0.1) is 0 Å². The average Bonchev–Trinajstić information content (AvgIpc) is 2.65. The number of nitrogens with one attached hydrogen (secondary N) is 2. The summed E-state index contributed by atoms with van der Waals surface area (Å²) < 4.78 is 10.7. The van der Waals surface area contributed by atoms with E-state index in [0.717, 1.165) is 0 Å². The van der Waals surface area contributed by atoms with Gasteiger partial charge in [-0.1, -0.05) is 23.2 Å². The maximum atomic E-state index is 11.9. The van der Waals surface area contributed by atoms with Gasteiger partial charge in [-0.3, -0.25) is 9.59 Å². The van der Waals surface area contributed by atoms with Crippen LogP contribution in [-0.2, 0) is 9.59 Å². The summed E-state index contributed by atoms with van der Waals surface area (Å²) in [4.78, 5) is 23.7. The van der Waals surface area contributed by atoms with Gasteiger partial charge in [0.05, 0.1) is 0 Å². The van der Waals surface area contributed by atoms with Crippen molar-refractivity contribution in [2.75, 3.05) is 19.8 Å². The van der Waals surface area contributed by atoms with Gasteiger partial charge in [0.25, 0.3) is 11.8 Å². The summed E-state index contributed by atoms with van der Waals surface area (Å²) in [5.41, 5.74) is 0. The fourth-order valence-electron chi connectivity index (χ4n) is 2.04. The van der Waals surface area contributed by atoms with Crippen molar-refractivity contribution in [2.24, 2.45) is 0 Å². The molecule has 0 unspecified atom stereocenters. The fourth-order valence-corrected chi connectivity index (χ4v) is 2.30. The van der Waals surface area contributed by atoms with Crippen LogP contribution in [0.1, 0.15) is 6.92 Å². The van der Waals surface area contributed by atoms with Gasteiger partial charge in [0, 0.05) is 22.6 Å². The summed E-state index contributed by atoms with van der Waals surface area (Å²) in [5.74, 6) is 0.526. The van der Waals surface area contributed by atoms with Crippen LogP contribution in [0.5, 0.6) is 11.5 Å². The number of benzene rings is 2. The van der Waals surface area contributed by atoms with E-state index >= 15 is 0 Å². The van der Waals surface area contributed by atoms with Gasteiger partial charge in [-0.2, -0.15) is 0 Å². The van der Waals surface area contributed by atoms with Crippen LogP contribution in [0.3, 0.4) is 0 Å². The van der Waals surface area contributed by atoms with E-state index in [9.17, 15) is 9.59 Å². The Balaban J connectivity index is 1.62. The molecule has 0 aliphatic rings. The molecular weight excluding hydrogens is 391 g/mol. The molecule has 0 radical (unpaired) electrons. The Bertz CT molecular complexity index is 751. The number of carbonyl (C=O) groups is 2. The molecule has 144 valence electrons. The van der Waals surface area contributed by atoms with E-state index < -0.39 is 0 Å². The number of rotatable bonds is 9. The predicted octanol–water partition coefficient (Wildman–Crippen LogP) is 3.07. The Hall–Kier alpha value is -2.44. The molecule has 2 N–H and O–H groups in total. The molecule has 0 heterocycles. The summed E-state index contributed by atoms with van der Waals surface area (Å²) in [6.07, 6.45) is 0. The lowest BCUT2D eigenvalue weighted by molar-refractivity contribution is -0.125. The van der Waals surface area contributed by atoms with Crippen molar-refractivity contribution in [2.45, 2.75) is 13.0 Å². The van der Waals surface area contributed by atoms with Gasteiger partial charge in [0.2, 0.25) is 0 Å². The molecule has 6 nitrogen and oxygen atoms in total. The Morgan fingerprint density at radius 3 is 1.78 bits per heavy atom. The molecule has 2 rings (SSSR count). The minimum Gasteiger partial charge on any atom is -0.484 e. The first-order valence-electron chi connectivity index (χ1n) is 8.25. The standard InChI is InChI=1S/C19H20Cl2N2O4/c1-13(23-19(25)12-27-17-8-4-15(21)5-9-17)10-22-18(24)11-26-16-6-2-14(20)3-7-16/h2-9,13H,10-12H2,1H3,(H,22,24)(H,23,25)/t13-/m0/s1. The second-order valence-electron chi connectivity index (χ2n) is 5.76. The van der Waals surface area contributed by atoms with Gasteiger partial charge in [-0.25, -0.2) is 0 Å². The van der Waals surface area contributed by atoms with Crippen molar-refractivity contribution in [3.05, 3.63) is 58.6 Å². The molecule has 2 amide bonds. The Morgan fingerprint density at radius 1 is 0.852 bits per heavy atom. The minimum atomic E-state index is -0.288. The van der Waals surface area contributed by atoms with Gasteiger partial charge in [-0.05, 0) is 55.5 Å². The van der Waals surface area contributed by atoms with Crippen LogP contribution in [-0.4, -0.2) is 37.6 Å². The van der Waals surface area contributed by atoms with Gasteiger partial charge in [0.15, 0.2) is 13.2 Å². The average molecular weight is 411 g/mol. The van der Waals surface area contributed by atoms with E-state index in [4.69, 9.17) is 32.7 Å². The molecule has 8 heteroatoms. The smallest absolute Gasteiger partial charge is 0.258 e. The summed E-state index contributed by atoms with van der Waals surface area (Å²) >= 11 is 11.6. The highest BCUT2D eigenvalue weighted by molar-refractivity contribution is 6.30. The van der Waals surface area contributed by atoms with Gasteiger partial charge < -0.3 is 20.1 Å². The molecule has 2 aromatic rings. The van der Waals surface area contributed by atoms with E-state index in [1.54, 1.807) is 55.5 Å². The molecule has 0 saturated heterocycles. The zero-order valence-electron chi connectivity index (χ0n) is 14.7. The second-order valence-corrected chi connectivity index (χ2v) is 6.63. The first-order valence-corrected chi connectivity index (χ1v) is 9.01. The van der Waals surface area contributed by atoms with Crippen LogP contribution >= 0.6 is 23.2 Å². The summed E-state index contributed by atoms with van der Waals surface area (Å²) in [5, 5.41) is 6.61. The molecule has 0 spiro atoms. The largest absolute Gasteiger partial charge is 0.484 e. The van der Waals surface area contributed by atoms with E-state index in [0.29, 0.717) is 21.5 Å². The van der Waals surface area contributed by atoms with Crippen molar-refractivity contribution in [1.29, 1.82) is 0 Å². The third-order valence-corrected chi connectivity index (χ3v) is 3.88. The summed E-state index contributed by atoms with van der Waals surface area (Å²) in [7, 11) is 0. The number of amides is 2. The highest BCUT2D eigenvalue weighted by Gasteiger charge is 2.10. The second kappa shape index (κ2) is 10.6. The van der Waals surface area contributed by atoms with Crippen molar-refractivity contribution < 1.29 is 19.1 Å². The van der Waals surface area contributed by atoms with Crippen LogP contribution in [0.4, 0.5) is 0 Å². The van der Waals surface area contributed by atoms with E-state index in [1.807, 2.05) is 0 Å². The molecule has 1 atom stereocenters. The predicted molar refractivity (Wildman–Crippen MR) is 105 cm³/mol. The topological polar surface area (TPSA) is 76.7 Å². The molecule has 0 aliphatic heterocycles. The number of carbonyl (C=O) groups excluding carboxylic acids is 2. The number of ether oxygens (including phenoxy) is 2. The normalized spacial score (nSPS) is 11.4. The Labute approximate surface area is 167 Å². The van der Waals surface area contributed by atoms with Gasteiger partial charge >= 0.3 is 0 Å². The van der Waals surface area contributed by atoms with Crippen LogP contribution in [0.15, 0.2) is 48.5 Å². The lowest BCUT2D eigenvalue weighted by Gasteiger charge is -2.15. The van der Waals surface area contributed by atoms with Crippen LogP contribution in [0.25, 0.3) is 0 Å². The molecule has 0 aliphatic carbocycles. The Kier molecular flexibility index (Phi) is 8.23. The molecule has 0 bridgehead atoms. The van der Waals surface area contributed by atoms with Crippen LogP contribution in [0.2, 0.25) is 10.0 Å². The SMILES string of the molecule is C[C@@H](CNC(=O)COc1ccc(Cl)cc1)NC(=O)COc1ccc(Cl)cc1. The maximum absolute atomic E-state index is 11.9. The van der Waals surface area contributed by atoms with E-state index in [2.05, 4.69) is 10.6 Å². The van der Waals surface area contributed by atoms with Crippen molar-refractivity contribution >= 4 is 35.0 Å². The number of hydrogen-bond acceptors (Lipinski definition) is 4. The van der Waals surface area contributed by atoms with Gasteiger partial charge in [-0.15, -0.1) is 0 Å². The van der Waals surface area contributed by atoms with Crippen LogP contribution < -0.4 is 20.1 Å². The molecular formula is C19H20Cl2N2O4. The number of hydrogen-bond donors (Lipinski definition) is 2. The third kappa shape index (κ3) is 8.19.